The van der Waals surface area contributed by atoms with E-state index in [1.165, 1.54) is 11.3 Å². The van der Waals surface area contributed by atoms with E-state index in [2.05, 4.69) is 34.5 Å². The number of rotatable bonds is 30. The molecule has 16 nitrogen and oxygen atoms in total. The average molecular weight is 922 g/mol. The number of nitriles is 3. The number of hydrazine groups is 1. The lowest BCUT2D eigenvalue weighted by Gasteiger charge is -2.25. The number of carbonyl (C=O) groups is 2. The Morgan fingerprint density at radius 3 is 1.80 bits per heavy atom. The highest BCUT2D eigenvalue weighted by atomic mass is 32.1. The molecule has 17 heteroatoms. The Balaban J connectivity index is 1.24. The smallest absolute Gasteiger partial charge is 0.330 e. The molecule has 0 spiro atoms. The molecule has 350 valence electrons. The number of hydrogen-bond acceptors (Lipinski definition) is 16. The molecule has 0 radical (unpaired) electrons. The summed E-state index contributed by atoms with van der Waals surface area (Å²) in [5, 5.41) is 29.9. The zero-order chi connectivity index (χ0) is 46.9. The predicted molar refractivity (Wildman–Crippen MR) is 253 cm³/mol. The predicted octanol–water partition coefficient (Wildman–Crippen LogP) is 8.03. The van der Waals surface area contributed by atoms with Crippen molar-refractivity contribution in [3.63, 3.8) is 0 Å². The normalized spacial score (nSPS) is 12.9. The van der Waals surface area contributed by atoms with Crippen LogP contribution < -0.4 is 25.2 Å². The Labute approximate surface area is 391 Å². The number of ether oxygens (including phenoxy) is 7. The van der Waals surface area contributed by atoms with Crippen LogP contribution in [0.5, 0.6) is 11.5 Å². The van der Waals surface area contributed by atoms with Gasteiger partial charge in [-0.1, -0.05) is 44.4 Å². The summed E-state index contributed by atoms with van der Waals surface area (Å²) >= 11 is 1.20. The summed E-state index contributed by atoms with van der Waals surface area (Å²) in [6, 6.07) is 21.4. The number of fused-ring (bicyclic) bond motifs is 1. The number of nitrogens with zero attached hydrogens (tertiary/aromatic N) is 5. The van der Waals surface area contributed by atoms with Crippen LogP contribution in [0.2, 0.25) is 0 Å². The third-order valence-corrected chi connectivity index (χ3v) is 11.9. The summed E-state index contributed by atoms with van der Waals surface area (Å²) < 4.78 is 39.5. The van der Waals surface area contributed by atoms with Gasteiger partial charge in [0, 0.05) is 65.5 Å². The largest absolute Gasteiger partial charge is 0.485 e. The van der Waals surface area contributed by atoms with Gasteiger partial charge in [0.15, 0.2) is 17.1 Å². The van der Waals surface area contributed by atoms with E-state index in [-0.39, 0.29) is 49.0 Å². The molecule has 2 N–H and O–H groups in total. The molecule has 3 heterocycles. The highest BCUT2D eigenvalue weighted by molar-refractivity contribution is 7.17. The van der Waals surface area contributed by atoms with Gasteiger partial charge in [-0.05, 0) is 67.6 Å². The number of hydrogen-bond donors (Lipinski definition) is 2. The molecule has 5 rings (SSSR count). The topological polar surface area (TPSA) is 201 Å². The molecule has 0 saturated heterocycles. The zero-order valence-electron chi connectivity index (χ0n) is 37.9. The fourth-order valence-corrected chi connectivity index (χ4v) is 8.50. The molecule has 0 atom stereocenters. The second kappa shape index (κ2) is 27.8. The number of carbonyl (C=O) groups excluding carboxylic acids is 2. The van der Waals surface area contributed by atoms with Crippen molar-refractivity contribution in [2.24, 2.45) is 0 Å². The van der Waals surface area contributed by atoms with E-state index < -0.39 is 17.4 Å². The number of methoxy groups -OCH3 is 2. The molecule has 2 aromatic carbocycles. The minimum Gasteiger partial charge on any atom is -0.485 e. The summed E-state index contributed by atoms with van der Waals surface area (Å²) in [5.74, 6) is -0.660. The van der Waals surface area contributed by atoms with E-state index in [0.29, 0.717) is 28.7 Å². The molecule has 1 aromatic heterocycles. The van der Waals surface area contributed by atoms with Crippen LogP contribution in [0.1, 0.15) is 56.2 Å². The maximum atomic E-state index is 14.1. The first-order chi connectivity index (χ1) is 32.4. The van der Waals surface area contributed by atoms with Gasteiger partial charge in [0.1, 0.15) is 38.0 Å². The number of allylic oxidation sites excluding steroid dienone is 2. The summed E-state index contributed by atoms with van der Waals surface area (Å²) in [4.78, 5) is 30.2. The lowest BCUT2D eigenvalue weighted by atomic mass is 10.0. The summed E-state index contributed by atoms with van der Waals surface area (Å²) in [6.45, 7) is 9.18. The molecular weight excluding hydrogens is 863 g/mol. The molecule has 0 fully saturated rings. The maximum Gasteiger partial charge on any atom is 0.330 e. The van der Waals surface area contributed by atoms with E-state index in [1.807, 2.05) is 42.5 Å². The quantitative estimate of drug-likeness (QED) is 0.0214. The van der Waals surface area contributed by atoms with Gasteiger partial charge < -0.3 is 53.8 Å². The van der Waals surface area contributed by atoms with Crippen LogP contribution in [0, 0.1) is 34.0 Å². The highest BCUT2D eigenvalue weighted by Crippen LogP contribution is 2.54. The van der Waals surface area contributed by atoms with Crippen molar-refractivity contribution in [3.05, 3.63) is 82.9 Å². The van der Waals surface area contributed by atoms with Crippen LogP contribution in [0.4, 0.5) is 17.1 Å². The number of benzene rings is 2. The van der Waals surface area contributed by atoms with Gasteiger partial charge >= 0.3 is 5.97 Å². The average Bonchev–Trinajstić information content (AvgIpc) is 3.86. The van der Waals surface area contributed by atoms with Gasteiger partial charge in [-0.15, -0.1) is 11.3 Å². The van der Waals surface area contributed by atoms with Crippen LogP contribution in [-0.4, -0.2) is 110 Å². The second-order valence-electron chi connectivity index (χ2n) is 15.2. The Bertz CT molecular complexity index is 2220. The Morgan fingerprint density at radius 1 is 0.758 bits per heavy atom. The SMILES string of the molecule is C=CC(=O)OCCN1C(=O)C(c2sc(-c3ccc(NNc4ccc(N(CCOCCCCCCOC)CCOCCCCCCOC)cc4)cc3)c3c2OCCO3)=C(C#N)C1=C(C#N)C#N. The Kier molecular flexibility index (Phi) is 21.3. The molecule has 2 aliphatic heterocycles. The van der Waals surface area contributed by atoms with Crippen molar-refractivity contribution in [1.82, 2.24) is 4.90 Å². The highest BCUT2D eigenvalue weighted by Gasteiger charge is 2.42. The zero-order valence-corrected chi connectivity index (χ0v) is 38.7. The third-order valence-electron chi connectivity index (χ3n) is 10.7. The summed E-state index contributed by atoms with van der Waals surface area (Å²) in [5.41, 5.74) is 9.22. The Morgan fingerprint density at radius 2 is 1.29 bits per heavy atom. The lowest BCUT2D eigenvalue weighted by Crippen LogP contribution is -2.31. The minimum absolute atomic E-state index is 0.0399. The molecular formula is C49H59N7O9S. The van der Waals surface area contributed by atoms with Crippen LogP contribution in [-0.2, 0) is 33.3 Å². The molecule has 66 heavy (non-hydrogen) atoms. The fourth-order valence-electron chi connectivity index (χ4n) is 7.26. The number of nitrogens with one attached hydrogen (secondary N) is 2. The first kappa shape index (κ1) is 50.6. The van der Waals surface area contributed by atoms with Crippen LogP contribution in [0.15, 0.2) is 78.0 Å². The molecule has 1 amide bonds. The molecule has 0 aliphatic carbocycles. The molecule has 0 bridgehead atoms. The summed E-state index contributed by atoms with van der Waals surface area (Å²) in [6.07, 6.45) is 9.74. The van der Waals surface area contributed by atoms with Crippen molar-refractivity contribution in [2.75, 3.05) is 109 Å². The number of thiophene rings is 1. The van der Waals surface area contributed by atoms with E-state index >= 15 is 0 Å². The molecule has 0 unspecified atom stereocenters. The van der Waals surface area contributed by atoms with Gasteiger partial charge in [-0.25, -0.2) is 4.79 Å². The summed E-state index contributed by atoms with van der Waals surface area (Å²) in [7, 11) is 3.47. The molecule has 3 aromatic rings. The minimum atomic E-state index is -0.709. The van der Waals surface area contributed by atoms with Crippen molar-refractivity contribution in [1.29, 1.82) is 15.8 Å². The van der Waals surface area contributed by atoms with Crippen molar-refractivity contribution >= 4 is 45.8 Å². The van der Waals surface area contributed by atoms with Gasteiger partial charge in [0.25, 0.3) is 5.91 Å². The fraction of sp³-hybridized carbons (Fsp3) is 0.449. The first-order valence-electron chi connectivity index (χ1n) is 22.2. The van der Waals surface area contributed by atoms with Crippen LogP contribution in [0.25, 0.3) is 16.0 Å². The van der Waals surface area contributed by atoms with E-state index in [1.54, 1.807) is 26.4 Å². The van der Waals surface area contributed by atoms with Gasteiger partial charge in [0.2, 0.25) is 0 Å². The van der Waals surface area contributed by atoms with Crippen LogP contribution >= 0.6 is 11.3 Å². The number of esters is 1. The third kappa shape index (κ3) is 14.3. The van der Waals surface area contributed by atoms with Crippen molar-refractivity contribution < 1.29 is 42.7 Å². The van der Waals surface area contributed by atoms with E-state index in [9.17, 15) is 25.4 Å². The molecule has 2 aliphatic rings. The van der Waals surface area contributed by atoms with Gasteiger partial charge in [-0.3, -0.25) is 4.79 Å². The van der Waals surface area contributed by atoms with Gasteiger partial charge in [0.05, 0.1) is 57.7 Å². The van der Waals surface area contributed by atoms with Crippen LogP contribution in [0.3, 0.4) is 0 Å². The first-order valence-corrected chi connectivity index (χ1v) is 23.0. The number of amides is 1. The number of anilines is 3. The number of unbranched alkanes of at least 4 members (excludes halogenated alkanes) is 6. The standard InChI is InChI=1S/C49H59N7O9S/c1-4-42(57)63-30-23-56-44(37(33-50)34-51)41(35-52)43(49(56)58)48-46-45(64-31-32-65-46)47(66-48)36-13-15-38(16-14-36)53-54-39-17-19-40(20-18-39)55(21-28-61-26-11-7-5-9-24-59-2)22-29-62-27-12-8-6-10-25-60-3/h4,13-20,53-54H,1,5-12,21-32H2,2-3H3. The maximum absolute atomic E-state index is 14.1. The van der Waals surface area contributed by atoms with Crippen molar-refractivity contribution in [2.45, 2.75) is 51.4 Å². The van der Waals surface area contributed by atoms with E-state index in [0.717, 1.165) is 124 Å². The monoisotopic (exact) mass is 921 g/mol. The Hall–Kier alpha value is -6.39. The van der Waals surface area contributed by atoms with Crippen molar-refractivity contribution in [3.8, 4) is 40.1 Å². The molecule has 0 saturated carbocycles. The van der Waals surface area contributed by atoms with Gasteiger partial charge in [-0.2, -0.15) is 15.8 Å². The van der Waals surface area contributed by atoms with E-state index in [4.69, 9.17) is 33.2 Å². The second-order valence-corrected chi connectivity index (χ2v) is 16.2. The lowest BCUT2D eigenvalue weighted by molar-refractivity contribution is -0.139.